The lowest BCUT2D eigenvalue weighted by molar-refractivity contribution is 0.292. The van der Waals surface area contributed by atoms with Crippen molar-refractivity contribution >= 4 is 8.07 Å². The minimum absolute atomic E-state index is 0.0311. The first-order valence-electron chi connectivity index (χ1n) is 7.68. The van der Waals surface area contributed by atoms with Crippen molar-refractivity contribution in [3.8, 4) is 23.4 Å². The molecule has 0 saturated heterocycles. The molecule has 4 nitrogen and oxygen atoms in total. The van der Waals surface area contributed by atoms with Crippen molar-refractivity contribution in [1.29, 1.82) is 5.26 Å². The zero-order valence-electron chi connectivity index (χ0n) is 14.4. The number of aryl methyl sites for hydroxylation is 1. The van der Waals surface area contributed by atoms with Gasteiger partial charge in [0.15, 0.2) is 5.56 Å². The Kier molecular flexibility index (Phi) is 5.28. The number of ether oxygens (including phenoxy) is 1. The standard InChI is InChI=1S/C19H20N2O2Si/c1-14-16(10-11-24(2,3)4)18(22)17(12-20)19(21-14)23-13-15-8-6-5-7-9-15/h5-9H,13H2,1-4H3,(H,21,22). The molecule has 0 saturated carbocycles. The van der Waals surface area contributed by atoms with E-state index in [0.29, 0.717) is 11.3 Å². The number of nitrogens with one attached hydrogen (secondary N) is 1. The van der Waals surface area contributed by atoms with Gasteiger partial charge in [0.05, 0.1) is 5.56 Å². The highest BCUT2D eigenvalue weighted by molar-refractivity contribution is 6.83. The summed E-state index contributed by atoms with van der Waals surface area (Å²) in [5.74, 6) is 3.15. The summed E-state index contributed by atoms with van der Waals surface area (Å²) in [6, 6.07) is 11.5. The third-order valence-electron chi connectivity index (χ3n) is 3.26. The molecule has 0 radical (unpaired) electrons. The Morgan fingerprint density at radius 1 is 1.17 bits per heavy atom. The van der Waals surface area contributed by atoms with E-state index in [4.69, 9.17) is 4.74 Å². The van der Waals surface area contributed by atoms with Gasteiger partial charge >= 0.3 is 0 Å². The summed E-state index contributed by atoms with van der Waals surface area (Å²) in [6.07, 6.45) is 0. The molecule has 1 aromatic heterocycles. The maximum absolute atomic E-state index is 12.6. The van der Waals surface area contributed by atoms with Crippen LogP contribution in [0.4, 0.5) is 0 Å². The van der Waals surface area contributed by atoms with Crippen LogP contribution in [0.1, 0.15) is 22.4 Å². The van der Waals surface area contributed by atoms with E-state index in [1.165, 1.54) is 0 Å². The summed E-state index contributed by atoms with van der Waals surface area (Å²) in [6.45, 7) is 8.36. The van der Waals surface area contributed by atoms with Crippen LogP contribution in [0, 0.1) is 29.7 Å². The third kappa shape index (κ3) is 4.38. The van der Waals surface area contributed by atoms with Crippen molar-refractivity contribution in [2.45, 2.75) is 33.2 Å². The zero-order chi connectivity index (χ0) is 17.7. The first-order valence-corrected chi connectivity index (χ1v) is 11.2. The number of nitriles is 1. The number of aromatic amines is 1. The fraction of sp³-hybridized carbons (Fsp3) is 0.263. The number of hydrogen-bond acceptors (Lipinski definition) is 3. The van der Waals surface area contributed by atoms with Crippen LogP contribution in [0.5, 0.6) is 5.88 Å². The maximum Gasteiger partial charge on any atom is 0.219 e. The highest BCUT2D eigenvalue weighted by Crippen LogP contribution is 2.15. The first-order chi connectivity index (χ1) is 11.3. The average Bonchev–Trinajstić information content (AvgIpc) is 2.52. The number of H-pyrrole nitrogens is 1. The molecule has 0 aliphatic carbocycles. The van der Waals surface area contributed by atoms with Crippen molar-refractivity contribution in [2.75, 3.05) is 0 Å². The van der Waals surface area contributed by atoms with Crippen molar-refractivity contribution in [3.63, 3.8) is 0 Å². The predicted octanol–water partition coefficient (Wildman–Crippen LogP) is 3.36. The summed E-state index contributed by atoms with van der Waals surface area (Å²) in [5, 5.41) is 9.35. The summed E-state index contributed by atoms with van der Waals surface area (Å²) in [4.78, 5) is 15.6. The Labute approximate surface area is 143 Å². The Morgan fingerprint density at radius 2 is 1.83 bits per heavy atom. The van der Waals surface area contributed by atoms with Gasteiger partial charge in [0.25, 0.3) is 0 Å². The smallest absolute Gasteiger partial charge is 0.219 e. The fourth-order valence-corrected chi connectivity index (χ4v) is 2.53. The topological polar surface area (TPSA) is 65.9 Å². The molecule has 122 valence electrons. The van der Waals surface area contributed by atoms with Crippen LogP contribution in [0.15, 0.2) is 35.1 Å². The van der Waals surface area contributed by atoms with E-state index in [9.17, 15) is 10.1 Å². The zero-order valence-corrected chi connectivity index (χ0v) is 15.4. The van der Waals surface area contributed by atoms with Crippen molar-refractivity contribution in [2.24, 2.45) is 0 Å². The van der Waals surface area contributed by atoms with Crippen LogP contribution in [0.3, 0.4) is 0 Å². The van der Waals surface area contributed by atoms with Gasteiger partial charge in [-0.25, -0.2) is 0 Å². The van der Waals surface area contributed by atoms with E-state index in [0.717, 1.165) is 5.56 Å². The monoisotopic (exact) mass is 336 g/mol. The molecule has 0 atom stereocenters. The molecular weight excluding hydrogens is 316 g/mol. The number of rotatable bonds is 3. The summed E-state index contributed by atoms with van der Waals surface area (Å²) >= 11 is 0. The first kappa shape index (κ1) is 17.6. The van der Waals surface area contributed by atoms with Gasteiger partial charge in [-0.2, -0.15) is 5.26 Å². The number of pyridine rings is 1. The van der Waals surface area contributed by atoms with Gasteiger partial charge in [0, 0.05) is 5.69 Å². The second kappa shape index (κ2) is 7.21. The van der Waals surface area contributed by atoms with Crippen LogP contribution in [0.25, 0.3) is 0 Å². The Balaban J connectivity index is 2.39. The summed E-state index contributed by atoms with van der Waals surface area (Å²) in [7, 11) is -1.61. The highest BCUT2D eigenvalue weighted by atomic mass is 28.3. The van der Waals surface area contributed by atoms with Gasteiger partial charge in [0.1, 0.15) is 20.7 Å². The Hall–Kier alpha value is -2.76. The number of benzene rings is 1. The lowest BCUT2D eigenvalue weighted by Gasteiger charge is -2.10. The van der Waals surface area contributed by atoms with Gasteiger partial charge in [-0.15, -0.1) is 5.54 Å². The van der Waals surface area contributed by atoms with Crippen molar-refractivity contribution < 1.29 is 4.74 Å². The SMILES string of the molecule is Cc1[nH]c(OCc2ccccc2)c(C#N)c(=O)c1C#C[Si](C)(C)C. The van der Waals surface area contributed by atoms with E-state index in [1.54, 1.807) is 6.92 Å². The lowest BCUT2D eigenvalue weighted by Crippen LogP contribution is -2.19. The summed E-state index contributed by atoms with van der Waals surface area (Å²) < 4.78 is 5.66. The van der Waals surface area contributed by atoms with E-state index in [-0.39, 0.29) is 23.5 Å². The van der Waals surface area contributed by atoms with E-state index >= 15 is 0 Å². The second-order valence-corrected chi connectivity index (χ2v) is 11.3. The highest BCUT2D eigenvalue weighted by Gasteiger charge is 2.16. The molecule has 0 fully saturated rings. The number of hydrogen-bond donors (Lipinski definition) is 1. The van der Waals surface area contributed by atoms with Crippen LogP contribution >= 0.6 is 0 Å². The van der Waals surface area contributed by atoms with Crippen LogP contribution < -0.4 is 10.2 Å². The molecule has 0 aliphatic rings. The quantitative estimate of drug-likeness (QED) is 0.690. The van der Waals surface area contributed by atoms with E-state index in [1.807, 2.05) is 36.4 Å². The van der Waals surface area contributed by atoms with Gasteiger partial charge in [-0.3, -0.25) is 4.79 Å². The summed E-state index contributed by atoms with van der Waals surface area (Å²) in [5.41, 5.74) is 4.69. The van der Waals surface area contributed by atoms with Crippen LogP contribution in [-0.2, 0) is 6.61 Å². The third-order valence-corrected chi connectivity index (χ3v) is 4.13. The number of aromatic nitrogens is 1. The van der Waals surface area contributed by atoms with Gasteiger partial charge in [-0.1, -0.05) is 55.9 Å². The molecule has 2 aromatic rings. The normalized spacial score (nSPS) is 10.5. The Bertz CT molecular complexity index is 892. The van der Waals surface area contributed by atoms with Crippen molar-refractivity contribution in [3.05, 3.63) is 62.9 Å². The molecular formula is C19H20N2O2Si. The molecule has 0 amide bonds. The predicted molar refractivity (Wildman–Crippen MR) is 97.5 cm³/mol. The molecule has 0 unspecified atom stereocenters. The van der Waals surface area contributed by atoms with E-state index < -0.39 is 8.07 Å². The molecule has 2 rings (SSSR count). The molecule has 0 spiro atoms. The molecule has 1 heterocycles. The lowest BCUT2D eigenvalue weighted by atomic mass is 10.1. The molecule has 1 N–H and O–H groups in total. The van der Waals surface area contributed by atoms with Crippen molar-refractivity contribution in [1.82, 2.24) is 4.98 Å². The maximum atomic E-state index is 12.6. The molecule has 5 heteroatoms. The van der Waals surface area contributed by atoms with Crippen LogP contribution in [-0.4, -0.2) is 13.1 Å². The average molecular weight is 336 g/mol. The minimum Gasteiger partial charge on any atom is -0.473 e. The van der Waals surface area contributed by atoms with Gasteiger partial charge < -0.3 is 9.72 Å². The number of nitrogens with zero attached hydrogens (tertiary/aromatic N) is 1. The second-order valence-electron chi connectivity index (χ2n) is 6.54. The molecule has 1 aromatic carbocycles. The van der Waals surface area contributed by atoms with Gasteiger partial charge in [0.2, 0.25) is 11.3 Å². The molecule has 24 heavy (non-hydrogen) atoms. The largest absolute Gasteiger partial charge is 0.473 e. The molecule has 0 bridgehead atoms. The molecule has 0 aliphatic heterocycles. The van der Waals surface area contributed by atoms with E-state index in [2.05, 4.69) is 36.1 Å². The van der Waals surface area contributed by atoms with Gasteiger partial charge in [-0.05, 0) is 12.5 Å². The Morgan fingerprint density at radius 3 is 2.42 bits per heavy atom. The fourth-order valence-electron chi connectivity index (χ4n) is 2.03. The van der Waals surface area contributed by atoms with Crippen LogP contribution in [0.2, 0.25) is 19.6 Å². The minimum atomic E-state index is -1.61.